The average molecular weight is 580 g/mol. The van der Waals surface area contributed by atoms with Crippen LogP contribution in [0.1, 0.15) is 0 Å². The van der Waals surface area contributed by atoms with E-state index in [0.717, 1.165) is 0 Å². The van der Waals surface area contributed by atoms with E-state index in [1.54, 1.807) is 0 Å². The smallest absolute Gasteiger partial charge is 0.221 e. The Morgan fingerprint density at radius 2 is 0.545 bits per heavy atom. The van der Waals surface area contributed by atoms with Crippen molar-refractivity contribution >= 4 is 19.7 Å². The van der Waals surface area contributed by atoms with Gasteiger partial charge in [0.05, 0.1) is 0 Å². The highest BCUT2D eigenvalue weighted by molar-refractivity contribution is 8.09. The summed E-state index contributed by atoms with van der Waals surface area (Å²) in [5.41, 5.74) is 0. The number of halogens is 18. The lowest BCUT2D eigenvalue weighted by atomic mass is 10.1. The Hall–Kier alpha value is -1.36. The van der Waals surface area contributed by atoms with Gasteiger partial charge in [0.15, 0.2) is 5.08 Å². The van der Waals surface area contributed by atoms with E-state index in [4.69, 9.17) is 0 Å². The molecule has 24 heteroatoms. The highest BCUT2D eigenvalue weighted by atomic mass is 32.3. The monoisotopic (exact) mass is 580 g/mol. The van der Waals surface area contributed by atoms with Crippen LogP contribution in [0.2, 0.25) is 0 Å². The van der Waals surface area contributed by atoms with Crippen molar-refractivity contribution in [3.63, 3.8) is 0 Å². The van der Waals surface area contributed by atoms with Gasteiger partial charge in [-0.1, -0.05) is 0 Å². The van der Waals surface area contributed by atoms with E-state index in [0.29, 0.717) is 0 Å². The Labute approximate surface area is 168 Å². The first kappa shape index (κ1) is 31.6. The molecule has 0 rings (SSSR count). The van der Waals surface area contributed by atoms with E-state index in [1.165, 1.54) is 0 Å². The molecule has 0 aliphatic rings. The molecule has 0 saturated carbocycles. The zero-order valence-corrected chi connectivity index (χ0v) is 15.6. The summed E-state index contributed by atoms with van der Waals surface area (Å²) in [6.07, 6.45) is -15.5. The molecule has 0 spiro atoms. The van der Waals surface area contributed by atoms with Gasteiger partial charge >= 0.3 is 46.6 Å². The minimum Gasteiger partial charge on any atom is -0.221 e. The quantitative estimate of drug-likeness (QED) is 0.393. The third kappa shape index (κ3) is 4.28. The molecule has 4 nitrogen and oxygen atoms in total. The van der Waals surface area contributed by atoms with Crippen LogP contribution in [0.15, 0.2) is 0 Å². The number of rotatable bonds is 8. The molecular weight excluding hydrogens is 578 g/mol. The molecule has 0 aromatic carbocycles. The Morgan fingerprint density at radius 3 is 0.697 bits per heavy atom. The fraction of sp³-hybridized carbons (Fsp3) is 1.00. The topological polar surface area (TPSA) is 68.3 Å². The largest absolute Gasteiger partial charge is 0.460 e. The highest BCUT2D eigenvalue weighted by Crippen LogP contribution is 2.57. The second-order valence-electron chi connectivity index (χ2n) is 5.67. The van der Waals surface area contributed by atoms with Gasteiger partial charge in [0.1, 0.15) is 0 Å². The number of sulfone groups is 2. The van der Waals surface area contributed by atoms with Crippen LogP contribution in [0, 0.1) is 0 Å². The van der Waals surface area contributed by atoms with Gasteiger partial charge in [-0.3, -0.25) is 0 Å². The minimum absolute atomic E-state index is 4.72. The number of hydrogen-bond acceptors (Lipinski definition) is 4. The molecule has 0 aliphatic carbocycles. The molecule has 0 amide bonds. The van der Waals surface area contributed by atoms with E-state index in [1.807, 2.05) is 0 Å². The Morgan fingerprint density at radius 1 is 0.364 bits per heavy atom. The molecule has 0 fully saturated rings. The van der Waals surface area contributed by atoms with Gasteiger partial charge in [0.2, 0.25) is 19.7 Å². The zero-order chi connectivity index (χ0) is 27.7. The third-order valence-corrected chi connectivity index (χ3v) is 7.88. The Kier molecular flexibility index (Phi) is 7.26. The molecule has 0 aromatic heterocycles. The second-order valence-corrected chi connectivity index (χ2v) is 10.1. The van der Waals surface area contributed by atoms with Gasteiger partial charge in [-0.25, -0.2) is 16.8 Å². The molecule has 0 atom stereocenters. The van der Waals surface area contributed by atoms with Gasteiger partial charge in [0.25, 0.3) is 0 Å². The van der Waals surface area contributed by atoms with Crippen LogP contribution in [-0.4, -0.2) is 68.5 Å². The van der Waals surface area contributed by atoms with Crippen molar-refractivity contribution in [1.29, 1.82) is 0 Å². The van der Waals surface area contributed by atoms with E-state index in [-0.39, 0.29) is 0 Å². The summed E-state index contributed by atoms with van der Waals surface area (Å²) in [4.78, 5) is 0. The Balaban J connectivity index is 6.73. The third-order valence-electron chi connectivity index (χ3n) is 3.32. The minimum atomic E-state index is -8.43. The Bertz CT molecular complexity index is 876. The van der Waals surface area contributed by atoms with Crippen LogP contribution >= 0.6 is 0 Å². The maximum absolute atomic E-state index is 13.3. The summed E-state index contributed by atoms with van der Waals surface area (Å²) in [6.45, 7) is 0. The molecule has 0 N–H and O–H groups in total. The zero-order valence-electron chi connectivity index (χ0n) is 14.0. The fourth-order valence-electron chi connectivity index (χ4n) is 1.46. The highest BCUT2D eigenvalue weighted by Gasteiger charge is 2.88. The first-order valence-electron chi connectivity index (χ1n) is 6.55. The number of alkyl halides is 18. The predicted octanol–water partition coefficient (Wildman–Crippen LogP) is 4.62. The summed E-state index contributed by atoms with van der Waals surface area (Å²) < 4.78 is 271. The molecular formula is C9H2F18O4S2. The van der Waals surface area contributed by atoms with Gasteiger partial charge in [0, 0.05) is 0 Å². The lowest BCUT2D eigenvalue weighted by molar-refractivity contribution is -0.382. The van der Waals surface area contributed by atoms with Gasteiger partial charge in [-0.05, 0) is 0 Å². The maximum Gasteiger partial charge on any atom is 0.460 e. The summed E-state index contributed by atoms with van der Waals surface area (Å²) >= 11 is 0. The average Bonchev–Trinajstić information content (AvgIpc) is 2.50. The molecule has 0 unspecified atom stereocenters. The standard InChI is InChI=1S/C9H2F18O4S2/c10-2(11,6(18,19)20)4(14,15)8(24,25)32(28,29)1-33(30,31)9(26,27)5(16,17)3(12,13)7(21,22)23/h1H2. The van der Waals surface area contributed by atoms with Crippen molar-refractivity contribution in [3.05, 3.63) is 0 Å². The summed E-state index contributed by atoms with van der Waals surface area (Å²) in [7, 11) is -16.9. The van der Waals surface area contributed by atoms with Crippen molar-refractivity contribution < 1.29 is 95.9 Å². The molecule has 0 saturated heterocycles. The first-order valence-corrected chi connectivity index (χ1v) is 9.86. The van der Waals surface area contributed by atoms with Crippen molar-refractivity contribution in [2.45, 2.75) is 46.6 Å². The summed E-state index contributed by atoms with van der Waals surface area (Å²) in [6, 6.07) is 0. The van der Waals surface area contributed by atoms with Gasteiger partial charge in [-0.2, -0.15) is 79.0 Å². The van der Waals surface area contributed by atoms with E-state index in [2.05, 4.69) is 0 Å². The van der Waals surface area contributed by atoms with Crippen LogP contribution in [0.25, 0.3) is 0 Å². The van der Waals surface area contributed by atoms with Crippen LogP contribution < -0.4 is 0 Å². The second kappa shape index (κ2) is 7.57. The first-order chi connectivity index (χ1) is 13.7. The molecule has 0 heterocycles. The van der Waals surface area contributed by atoms with Crippen LogP contribution in [0.5, 0.6) is 0 Å². The normalized spacial score (nSPS) is 16.8. The van der Waals surface area contributed by atoms with Gasteiger partial charge < -0.3 is 0 Å². The fourth-order valence-corrected chi connectivity index (χ4v) is 5.32. The van der Waals surface area contributed by atoms with E-state index < -0.39 is 71.3 Å². The van der Waals surface area contributed by atoms with Crippen LogP contribution in [0.3, 0.4) is 0 Å². The maximum atomic E-state index is 13.3. The molecule has 33 heavy (non-hydrogen) atoms. The lowest BCUT2D eigenvalue weighted by Crippen LogP contribution is -2.66. The van der Waals surface area contributed by atoms with Crippen molar-refractivity contribution in [2.24, 2.45) is 0 Å². The van der Waals surface area contributed by atoms with Crippen LogP contribution in [0.4, 0.5) is 79.0 Å². The SMILES string of the molecule is O=S(=O)(CS(=O)(=O)C(F)(F)C(F)(F)C(F)(F)C(F)(F)F)C(F)(F)C(F)(F)C(F)(F)C(F)(F)F. The molecule has 0 bridgehead atoms. The van der Waals surface area contributed by atoms with Crippen LogP contribution in [-0.2, 0) is 19.7 Å². The molecule has 0 aliphatic heterocycles. The van der Waals surface area contributed by atoms with Crippen molar-refractivity contribution in [2.75, 3.05) is 5.08 Å². The van der Waals surface area contributed by atoms with Crippen molar-refractivity contribution in [3.8, 4) is 0 Å². The summed E-state index contributed by atoms with van der Waals surface area (Å²) in [5.74, 6) is -32.6. The molecule has 0 radical (unpaired) electrons. The van der Waals surface area contributed by atoms with Crippen molar-refractivity contribution in [1.82, 2.24) is 0 Å². The lowest BCUT2D eigenvalue weighted by Gasteiger charge is -2.34. The van der Waals surface area contributed by atoms with Gasteiger partial charge in [-0.15, -0.1) is 0 Å². The van der Waals surface area contributed by atoms with E-state index in [9.17, 15) is 95.9 Å². The summed E-state index contributed by atoms with van der Waals surface area (Å²) in [5, 5.41) is -20.8. The molecule has 200 valence electrons. The predicted molar refractivity (Wildman–Crippen MR) is 64.5 cm³/mol. The molecule has 0 aromatic rings. The number of hydrogen-bond donors (Lipinski definition) is 0. The van der Waals surface area contributed by atoms with E-state index >= 15 is 0 Å².